The minimum Gasteiger partial charge on any atom is -0.497 e. The molecule has 0 aliphatic carbocycles. The van der Waals surface area contributed by atoms with Gasteiger partial charge in [0.05, 0.1) is 14.2 Å². The second-order valence-electron chi connectivity index (χ2n) is 5.12. The highest BCUT2D eigenvalue weighted by atomic mass is 127. The lowest BCUT2D eigenvalue weighted by molar-refractivity contribution is 0.413. The lowest BCUT2D eigenvalue weighted by atomic mass is 9.94. The molecule has 0 N–H and O–H groups in total. The van der Waals surface area contributed by atoms with Crippen molar-refractivity contribution < 1.29 is 9.47 Å². The number of hydrogen-bond acceptors (Lipinski definition) is 2. The zero-order valence-corrected chi connectivity index (χ0v) is 15.2. The zero-order valence-electron chi connectivity index (χ0n) is 13.0. The SMILES string of the molecule is COc1ccc(-c2ccccc2)c(-c2cc(I)ccc2OC)c1. The van der Waals surface area contributed by atoms with Crippen LogP contribution in [0.25, 0.3) is 22.3 Å². The van der Waals surface area contributed by atoms with Crippen LogP contribution in [0.1, 0.15) is 0 Å². The van der Waals surface area contributed by atoms with E-state index in [4.69, 9.17) is 9.47 Å². The first kappa shape index (κ1) is 15.9. The lowest BCUT2D eigenvalue weighted by Crippen LogP contribution is -1.93. The lowest BCUT2D eigenvalue weighted by Gasteiger charge is -2.15. The van der Waals surface area contributed by atoms with E-state index >= 15 is 0 Å². The fraction of sp³-hybridized carbons (Fsp3) is 0.100. The Morgan fingerprint density at radius 1 is 0.696 bits per heavy atom. The topological polar surface area (TPSA) is 18.5 Å². The highest BCUT2D eigenvalue weighted by Crippen LogP contribution is 2.40. The molecule has 3 heteroatoms. The Kier molecular flexibility index (Phi) is 4.86. The van der Waals surface area contributed by atoms with Crippen molar-refractivity contribution in [2.45, 2.75) is 0 Å². The molecule has 0 saturated heterocycles. The number of benzene rings is 3. The van der Waals surface area contributed by atoms with E-state index in [0.717, 1.165) is 28.2 Å². The Morgan fingerprint density at radius 2 is 1.48 bits per heavy atom. The second-order valence-corrected chi connectivity index (χ2v) is 6.37. The zero-order chi connectivity index (χ0) is 16.2. The minimum atomic E-state index is 0.834. The van der Waals surface area contributed by atoms with Gasteiger partial charge in [-0.2, -0.15) is 0 Å². The van der Waals surface area contributed by atoms with Gasteiger partial charge in [0, 0.05) is 9.13 Å². The van der Waals surface area contributed by atoms with Crippen molar-refractivity contribution in [2.24, 2.45) is 0 Å². The molecule has 3 aromatic rings. The molecule has 0 aliphatic rings. The molecule has 3 aromatic carbocycles. The molecule has 0 aliphatic heterocycles. The van der Waals surface area contributed by atoms with Crippen molar-refractivity contribution in [3.8, 4) is 33.8 Å². The molecular weight excluding hydrogens is 399 g/mol. The fourth-order valence-electron chi connectivity index (χ4n) is 2.63. The van der Waals surface area contributed by atoms with Gasteiger partial charge in [0.1, 0.15) is 11.5 Å². The van der Waals surface area contributed by atoms with E-state index < -0.39 is 0 Å². The normalized spacial score (nSPS) is 10.4. The average Bonchev–Trinajstić information content (AvgIpc) is 2.62. The van der Waals surface area contributed by atoms with Crippen LogP contribution in [0.4, 0.5) is 0 Å². The second kappa shape index (κ2) is 7.04. The van der Waals surface area contributed by atoms with Gasteiger partial charge in [0.25, 0.3) is 0 Å². The number of ether oxygens (including phenoxy) is 2. The summed E-state index contributed by atoms with van der Waals surface area (Å²) in [6.07, 6.45) is 0. The van der Waals surface area contributed by atoms with Gasteiger partial charge in [-0.25, -0.2) is 0 Å². The van der Waals surface area contributed by atoms with Crippen LogP contribution in [0.3, 0.4) is 0 Å². The predicted octanol–water partition coefficient (Wildman–Crippen LogP) is 5.64. The summed E-state index contributed by atoms with van der Waals surface area (Å²) in [5.41, 5.74) is 4.50. The van der Waals surface area contributed by atoms with Gasteiger partial charge in [-0.3, -0.25) is 0 Å². The van der Waals surface area contributed by atoms with Crippen LogP contribution in [0, 0.1) is 3.57 Å². The van der Waals surface area contributed by atoms with Crippen LogP contribution < -0.4 is 9.47 Å². The number of halogens is 1. The molecule has 0 heterocycles. The first-order valence-electron chi connectivity index (χ1n) is 7.30. The van der Waals surface area contributed by atoms with Crippen LogP contribution >= 0.6 is 22.6 Å². The van der Waals surface area contributed by atoms with E-state index in [0.29, 0.717) is 0 Å². The van der Waals surface area contributed by atoms with E-state index in [2.05, 4.69) is 65.1 Å². The summed E-state index contributed by atoms with van der Waals surface area (Å²) < 4.78 is 12.2. The Hall–Kier alpha value is -2.01. The summed E-state index contributed by atoms with van der Waals surface area (Å²) in [6.45, 7) is 0. The average molecular weight is 416 g/mol. The quantitative estimate of drug-likeness (QED) is 0.513. The van der Waals surface area contributed by atoms with Crippen molar-refractivity contribution in [1.29, 1.82) is 0 Å². The summed E-state index contributed by atoms with van der Waals surface area (Å²) in [5, 5.41) is 0. The largest absolute Gasteiger partial charge is 0.497 e. The van der Waals surface area contributed by atoms with E-state index in [1.165, 1.54) is 9.13 Å². The molecule has 23 heavy (non-hydrogen) atoms. The molecule has 3 rings (SSSR count). The molecule has 0 amide bonds. The van der Waals surface area contributed by atoms with Gasteiger partial charge in [-0.15, -0.1) is 0 Å². The summed E-state index contributed by atoms with van der Waals surface area (Å²) >= 11 is 2.32. The van der Waals surface area contributed by atoms with Crippen LogP contribution in [0.15, 0.2) is 66.7 Å². The third kappa shape index (κ3) is 3.34. The molecule has 116 valence electrons. The Balaban J connectivity index is 2.27. The smallest absolute Gasteiger partial charge is 0.126 e. The molecule has 2 nitrogen and oxygen atoms in total. The van der Waals surface area contributed by atoms with Crippen LogP contribution in [0.5, 0.6) is 11.5 Å². The minimum absolute atomic E-state index is 0.834. The molecule has 0 unspecified atom stereocenters. The maximum absolute atomic E-state index is 5.57. The highest BCUT2D eigenvalue weighted by molar-refractivity contribution is 14.1. The first-order chi connectivity index (χ1) is 11.2. The number of methoxy groups -OCH3 is 2. The van der Waals surface area contributed by atoms with E-state index in [-0.39, 0.29) is 0 Å². The van der Waals surface area contributed by atoms with Gasteiger partial charge < -0.3 is 9.47 Å². The highest BCUT2D eigenvalue weighted by Gasteiger charge is 2.13. The Labute approximate surface area is 150 Å². The summed E-state index contributed by atoms with van der Waals surface area (Å²) in [6, 6.07) is 22.7. The van der Waals surface area contributed by atoms with Gasteiger partial charge in [-0.05, 0) is 69.6 Å². The predicted molar refractivity (Wildman–Crippen MR) is 103 cm³/mol. The Morgan fingerprint density at radius 3 is 2.17 bits per heavy atom. The van der Waals surface area contributed by atoms with Crippen molar-refractivity contribution in [1.82, 2.24) is 0 Å². The standard InChI is InChI=1S/C20H17IO2/c1-22-16-9-10-17(14-6-4-3-5-7-14)18(13-16)19-12-15(21)8-11-20(19)23-2/h3-13H,1-2H3. The van der Waals surface area contributed by atoms with Crippen molar-refractivity contribution in [3.05, 3.63) is 70.3 Å². The molecule has 0 aromatic heterocycles. The van der Waals surface area contributed by atoms with Crippen molar-refractivity contribution in [2.75, 3.05) is 14.2 Å². The van der Waals surface area contributed by atoms with Gasteiger partial charge in [0.15, 0.2) is 0 Å². The van der Waals surface area contributed by atoms with Crippen LogP contribution in [-0.4, -0.2) is 14.2 Å². The molecular formula is C20H17IO2. The maximum Gasteiger partial charge on any atom is 0.126 e. The van der Waals surface area contributed by atoms with Gasteiger partial charge in [-0.1, -0.05) is 36.4 Å². The van der Waals surface area contributed by atoms with E-state index in [1.54, 1.807) is 14.2 Å². The Bertz CT molecular complexity index is 813. The summed E-state index contributed by atoms with van der Waals surface area (Å²) in [7, 11) is 3.39. The van der Waals surface area contributed by atoms with Crippen molar-refractivity contribution in [3.63, 3.8) is 0 Å². The third-order valence-electron chi connectivity index (χ3n) is 3.76. The van der Waals surface area contributed by atoms with E-state index in [9.17, 15) is 0 Å². The van der Waals surface area contributed by atoms with Crippen LogP contribution in [0.2, 0.25) is 0 Å². The van der Waals surface area contributed by atoms with E-state index in [1.807, 2.05) is 24.3 Å². The number of rotatable bonds is 4. The molecule has 0 atom stereocenters. The summed E-state index contributed by atoms with van der Waals surface area (Å²) in [4.78, 5) is 0. The monoisotopic (exact) mass is 416 g/mol. The van der Waals surface area contributed by atoms with Gasteiger partial charge in [0.2, 0.25) is 0 Å². The van der Waals surface area contributed by atoms with Crippen molar-refractivity contribution >= 4 is 22.6 Å². The maximum atomic E-state index is 5.57. The molecule has 0 saturated carbocycles. The molecule has 0 bridgehead atoms. The van der Waals surface area contributed by atoms with Crippen LogP contribution in [-0.2, 0) is 0 Å². The molecule has 0 fully saturated rings. The molecule has 0 radical (unpaired) electrons. The third-order valence-corrected chi connectivity index (χ3v) is 4.43. The van der Waals surface area contributed by atoms with Gasteiger partial charge >= 0.3 is 0 Å². The number of hydrogen-bond donors (Lipinski definition) is 0. The first-order valence-corrected chi connectivity index (χ1v) is 8.38. The summed E-state index contributed by atoms with van der Waals surface area (Å²) in [5.74, 6) is 1.69. The molecule has 0 spiro atoms. The fourth-order valence-corrected chi connectivity index (χ4v) is 3.12.